The van der Waals surface area contributed by atoms with Crippen molar-refractivity contribution in [1.82, 2.24) is 5.32 Å². The molecule has 0 bridgehead atoms. The number of amides is 1. The van der Waals surface area contributed by atoms with Gasteiger partial charge in [0, 0.05) is 12.4 Å². The number of carboxylic acid groups (broad SMARTS) is 1. The Labute approximate surface area is 99.8 Å². The second-order valence-corrected chi connectivity index (χ2v) is 4.17. The zero-order chi connectivity index (χ0) is 12.8. The van der Waals surface area contributed by atoms with Crippen LogP contribution in [0.4, 0.5) is 0 Å². The zero-order valence-corrected chi connectivity index (χ0v) is 9.99. The maximum Gasteiger partial charge on any atom is 0.220 e. The quantitative estimate of drug-likeness (QED) is 0.776. The van der Waals surface area contributed by atoms with E-state index < -0.39 is 5.97 Å². The van der Waals surface area contributed by atoms with E-state index in [1.54, 1.807) is 13.0 Å². The molecule has 5 nitrogen and oxygen atoms in total. The molecule has 0 aromatic carbocycles. The molecule has 1 heterocycles. The van der Waals surface area contributed by atoms with Crippen molar-refractivity contribution in [2.45, 2.75) is 33.2 Å². The first-order valence-corrected chi connectivity index (χ1v) is 5.49. The highest BCUT2D eigenvalue weighted by Gasteiger charge is 2.09. The zero-order valence-electron chi connectivity index (χ0n) is 9.99. The largest absolute Gasteiger partial charge is 0.550 e. The summed E-state index contributed by atoms with van der Waals surface area (Å²) in [5.74, 6) is -0.0685. The highest BCUT2D eigenvalue weighted by molar-refractivity contribution is 5.76. The van der Waals surface area contributed by atoms with Crippen LogP contribution in [0.25, 0.3) is 0 Å². The van der Waals surface area contributed by atoms with Crippen molar-refractivity contribution in [2.24, 2.45) is 5.92 Å². The van der Waals surface area contributed by atoms with E-state index >= 15 is 0 Å². The van der Waals surface area contributed by atoms with Gasteiger partial charge in [-0.15, -0.1) is 0 Å². The second-order valence-electron chi connectivity index (χ2n) is 4.17. The monoisotopic (exact) mass is 238 g/mol. The molecule has 1 atom stereocenters. The van der Waals surface area contributed by atoms with Crippen molar-refractivity contribution in [3.8, 4) is 0 Å². The van der Waals surface area contributed by atoms with Crippen LogP contribution in [0.2, 0.25) is 0 Å². The number of carboxylic acids is 1. The van der Waals surface area contributed by atoms with Crippen LogP contribution in [0.1, 0.15) is 31.3 Å². The lowest BCUT2D eigenvalue weighted by atomic mass is 10.0. The van der Waals surface area contributed by atoms with Crippen LogP contribution < -0.4 is 10.4 Å². The van der Waals surface area contributed by atoms with Crippen molar-refractivity contribution in [1.29, 1.82) is 0 Å². The average Bonchev–Trinajstić information content (AvgIpc) is 2.59. The van der Waals surface area contributed by atoms with E-state index in [9.17, 15) is 14.7 Å². The Morgan fingerprint density at radius 3 is 2.65 bits per heavy atom. The van der Waals surface area contributed by atoms with E-state index in [2.05, 4.69) is 5.32 Å². The van der Waals surface area contributed by atoms with Gasteiger partial charge in [0.05, 0.1) is 6.54 Å². The van der Waals surface area contributed by atoms with Gasteiger partial charge in [0.2, 0.25) is 5.91 Å². The lowest BCUT2D eigenvalue weighted by Gasteiger charge is -2.11. The summed E-state index contributed by atoms with van der Waals surface area (Å²) in [6, 6.07) is 3.61. The predicted octanol–water partition coefficient (Wildman–Crippen LogP) is 0.370. The smallest absolute Gasteiger partial charge is 0.220 e. The molecule has 5 heteroatoms. The van der Waals surface area contributed by atoms with Crippen LogP contribution in [-0.4, -0.2) is 11.9 Å². The number of carbonyl (C=O) groups is 2. The Kier molecular flexibility index (Phi) is 4.75. The van der Waals surface area contributed by atoms with E-state index in [0.29, 0.717) is 12.3 Å². The topological polar surface area (TPSA) is 82.4 Å². The third-order valence-corrected chi connectivity index (χ3v) is 2.30. The Hall–Kier alpha value is -1.78. The van der Waals surface area contributed by atoms with Crippen molar-refractivity contribution in [2.75, 3.05) is 0 Å². The summed E-state index contributed by atoms with van der Waals surface area (Å²) in [5.41, 5.74) is 0. The molecule has 0 saturated heterocycles. The molecule has 0 unspecified atom stereocenters. The normalized spacial score (nSPS) is 12.1. The fourth-order valence-electron chi connectivity index (χ4n) is 1.51. The first kappa shape index (κ1) is 13.3. The maximum atomic E-state index is 11.4. The van der Waals surface area contributed by atoms with E-state index in [4.69, 9.17) is 4.42 Å². The molecule has 17 heavy (non-hydrogen) atoms. The molecule has 0 saturated carbocycles. The van der Waals surface area contributed by atoms with E-state index in [-0.39, 0.29) is 24.7 Å². The van der Waals surface area contributed by atoms with Gasteiger partial charge < -0.3 is 19.6 Å². The molecule has 1 aromatic heterocycles. The maximum absolute atomic E-state index is 11.4. The summed E-state index contributed by atoms with van der Waals surface area (Å²) < 4.78 is 5.28. The van der Waals surface area contributed by atoms with Gasteiger partial charge in [0.25, 0.3) is 0 Å². The number of nitrogens with one attached hydrogen (secondary N) is 1. The summed E-state index contributed by atoms with van der Waals surface area (Å²) in [4.78, 5) is 21.8. The molecule has 0 aliphatic rings. The summed E-state index contributed by atoms with van der Waals surface area (Å²) in [6.45, 7) is 3.85. The lowest BCUT2D eigenvalue weighted by Crippen LogP contribution is -2.28. The minimum atomic E-state index is -1.13. The number of aryl methyl sites for hydroxylation is 1. The van der Waals surface area contributed by atoms with Crippen molar-refractivity contribution >= 4 is 11.9 Å². The molecule has 0 spiro atoms. The third-order valence-electron chi connectivity index (χ3n) is 2.30. The van der Waals surface area contributed by atoms with Gasteiger partial charge in [-0.3, -0.25) is 4.79 Å². The Bertz CT molecular complexity index is 397. The molecule has 0 fully saturated rings. The SMILES string of the molecule is Cc1ccc(CNC(=O)C[C@H](C)CC(=O)[O-])o1. The first-order valence-electron chi connectivity index (χ1n) is 5.49. The average molecular weight is 238 g/mol. The van der Waals surface area contributed by atoms with Crippen LogP contribution in [0, 0.1) is 12.8 Å². The van der Waals surface area contributed by atoms with Crippen LogP contribution in [0.5, 0.6) is 0 Å². The van der Waals surface area contributed by atoms with Gasteiger partial charge in [0.15, 0.2) is 0 Å². The van der Waals surface area contributed by atoms with Gasteiger partial charge in [-0.05, 0) is 31.4 Å². The third kappa shape index (κ3) is 5.19. The molecule has 1 rings (SSSR count). The molecule has 1 N–H and O–H groups in total. The van der Waals surface area contributed by atoms with Gasteiger partial charge >= 0.3 is 0 Å². The number of aliphatic carboxylic acids is 1. The highest BCUT2D eigenvalue weighted by atomic mass is 16.4. The molecular formula is C12H16NO4-. The number of hydrogen-bond donors (Lipinski definition) is 1. The molecule has 0 radical (unpaired) electrons. The second kappa shape index (κ2) is 6.08. The molecule has 0 aliphatic heterocycles. The fraction of sp³-hybridized carbons (Fsp3) is 0.500. The van der Waals surface area contributed by atoms with E-state index in [1.807, 2.05) is 13.0 Å². The van der Waals surface area contributed by atoms with Crippen LogP contribution in [0.15, 0.2) is 16.5 Å². The van der Waals surface area contributed by atoms with Gasteiger partial charge in [0.1, 0.15) is 11.5 Å². The summed E-state index contributed by atoms with van der Waals surface area (Å²) in [5, 5.41) is 13.0. The molecule has 94 valence electrons. The molecule has 1 aromatic rings. The van der Waals surface area contributed by atoms with Crippen LogP contribution >= 0.6 is 0 Å². The van der Waals surface area contributed by atoms with Crippen LogP contribution in [0.3, 0.4) is 0 Å². The van der Waals surface area contributed by atoms with Crippen molar-refractivity contribution < 1.29 is 19.1 Å². The highest BCUT2D eigenvalue weighted by Crippen LogP contribution is 2.08. The Morgan fingerprint density at radius 1 is 1.41 bits per heavy atom. The van der Waals surface area contributed by atoms with E-state index in [0.717, 1.165) is 5.76 Å². The predicted molar refractivity (Wildman–Crippen MR) is 58.7 cm³/mol. The standard InChI is InChI=1S/C12H17NO4/c1-8(6-12(15)16)5-11(14)13-7-10-4-3-9(2)17-10/h3-4,8H,5-7H2,1-2H3,(H,13,14)(H,15,16)/p-1/t8-/m0/s1. The summed E-state index contributed by atoms with van der Waals surface area (Å²) in [7, 11) is 0. The van der Waals surface area contributed by atoms with Gasteiger partial charge in [-0.2, -0.15) is 0 Å². The molecule has 1 amide bonds. The number of carbonyl (C=O) groups excluding carboxylic acids is 2. The minimum absolute atomic E-state index is 0.104. The van der Waals surface area contributed by atoms with E-state index in [1.165, 1.54) is 0 Å². The molecular weight excluding hydrogens is 222 g/mol. The number of hydrogen-bond acceptors (Lipinski definition) is 4. The Morgan fingerprint density at radius 2 is 2.12 bits per heavy atom. The number of rotatable bonds is 6. The summed E-state index contributed by atoms with van der Waals surface area (Å²) >= 11 is 0. The first-order chi connectivity index (χ1) is 7.97. The molecule has 0 aliphatic carbocycles. The minimum Gasteiger partial charge on any atom is -0.550 e. The Balaban J connectivity index is 2.28. The van der Waals surface area contributed by atoms with Crippen LogP contribution in [-0.2, 0) is 16.1 Å². The summed E-state index contributed by atoms with van der Waals surface area (Å²) in [6.07, 6.45) is 0.0704. The fourth-order valence-corrected chi connectivity index (χ4v) is 1.51. The van der Waals surface area contributed by atoms with Crippen molar-refractivity contribution in [3.63, 3.8) is 0 Å². The lowest BCUT2D eigenvalue weighted by molar-refractivity contribution is -0.306. The number of furan rings is 1. The van der Waals surface area contributed by atoms with Gasteiger partial charge in [-0.1, -0.05) is 6.92 Å². The van der Waals surface area contributed by atoms with Crippen molar-refractivity contribution in [3.05, 3.63) is 23.7 Å². The van der Waals surface area contributed by atoms with Gasteiger partial charge in [-0.25, -0.2) is 0 Å².